The van der Waals surface area contributed by atoms with Crippen molar-refractivity contribution in [2.45, 2.75) is 180 Å². The highest BCUT2D eigenvalue weighted by molar-refractivity contribution is 4.60. The van der Waals surface area contributed by atoms with Crippen LogP contribution in [0.15, 0.2) is 0 Å². The summed E-state index contributed by atoms with van der Waals surface area (Å²) in [6.07, 6.45) is 30.3. The van der Waals surface area contributed by atoms with Crippen LogP contribution in [-0.2, 0) is 0 Å². The van der Waals surface area contributed by atoms with Crippen LogP contribution in [0.25, 0.3) is 0 Å². The van der Waals surface area contributed by atoms with Crippen molar-refractivity contribution in [1.29, 1.82) is 0 Å². The number of aliphatic hydroxyl groups is 2. The molecule has 0 saturated carbocycles. The summed E-state index contributed by atoms with van der Waals surface area (Å²) in [5.41, 5.74) is 0. The highest BCUT2D eigenvalue weighted by Gasteiger charge is 2.06. The second-order valence-electron chi connectivity index (χ2n) is 9.83. The molecular formula is C28H58O2. The van der Waals surface area contributed by atoms with E-state index in [2.05, 4.69) is 13.8 Å². The molecule has 0 rings (SSSR count). The highest BCUT2D eigenvalue weighted by Crippen LogP contribution is 2.16. The normalized spacial score (nSPS) is 13.6. The Morgan fingerprint density at radius 3 is 0.900 bits per heavy atom. The molecule has 0 aromatic carbocycles. The number of rotatable bonds is 25. The first-order valence-electron chi connectivity index (χ1n) is 14.1. The summed E-state index contributed by atoms with van der Waals surface area (Å²) in [7, 11) is 0. The van der Waals surface area contributed by atoms with Gasteiger partial charge in [0.2, 0.25) is 0 Å². The van der Waals surface area contributed by atoms with Gasteiger partial charge in [-0.05, 0) is 25.7 Å². The van der Waals surface area contributed by atoms with E-state index < -0.39 is 0 Å². The largest absolute Gasteiger partial charge is 0.393 e. The van der Waals surface area contributed by atoms with Crippen LogP contribution in [0.5, 0.6) is 0 Å². The molecule has 2 atom stereocenters. The molecule has 0 aliphatic rings. The molecule has 0 amide bonds. The molecule has 30 heavy (non-hydrogen) atoms. The van der Waals surface area contributed by atoms with E-state index in [4.69, 9.17) is 0 Å². The van der Waals surface area contributed by atoms with E-state index in [0.29, 0.717) is 0 Å². The summed E-state index contributed by atoms with van der Waals surface area (Å²) >= 11 is 0. The fourth-order valence-electron chi connectivity index (χ4n) is 4.42. The summed E-state index contributed by atoms with van der Waals surface area (Å²) in [5, 5.41) is 20.0. The van der Waals surface area contributed by atoms with Crippen molar-refractivity contribution in [3.63, 3.8) is 0 Å². The van der Waals surface area contributed by atoms with Crippen LogP contribution in [0.3, 0.4) is 0 Å². The Morgan fingerprint density at radius 2 is 0.567 bits per heavy atom. The lowest BCUT2D eigenvalue weighted by Crippen LogP contribution is -2.08. The molecule has 2 heteroatoms. The number of hydrogen-bond acceptors (Lipinski definition) is 2. The molecule has 0 spiro atoms. The van der Waals surface area contributed by atoms with Gasteiger partial charge >= 0.3 is 0 Å². The SMILES string of the molecule is CCCCCCCCCCCCCCCCCCC(O)CCCCC(O)CCCC. The van der Waals surface area contributed by atoms with Gasteiger partial charge < -0.3 is 10.2 Å². The molecule has 0 fully saturated rings. The molecule has 182 valence electrons. The van der Waals surface area contributed by atoms with Gasteiger partial charge in [-0.3, -0.25) is 0 Å². The van der Waals surface area contributed by atoms with Crippen molar-refractivity contribution >= 4 is 0 Å². The summed E-state index contributed by atoms with van der Waals surface area (Å²) < 4.78 is 0. The zero-order chi connectivity index (χ0) is 22.1. The van der Waals surface area contributed by atoms with Gasteiger partial charge in [-0.15, -0.1) is 0 Å². The Labute approximate surface area is 190 Å². The number of aliphatic hydroxyl groups excluding tert-OH is 2. The van der Waals surface area contributed by atoms with Crippen molar-refractivity contribution in [1.82, 2.24) is 0 Å². The molecule has 0 saturated heterocycles. The van der Waals surface area contributed by atoms with Crippen molar-refractivity contribution < 1.29 is 10.2 Å². The molecule has 0 bridgehead atoms. The topological polar surface area (TPSA) is 40.5 Å². The van der Waals surface area contributed by atoms with E-state index in [-0.39, 0.29) is 12.2 Å². The predicted octanol–water partition coefficient (Wildman–Crippen LogP) is 9.11. The quantitative estimate of drug-likeness (QED) is 0.143. The van der Waals surface area contributed by atoms with Gasteiger partial charge in [-0.2, -0.15) is 0 Å². The van der Waals surface area contributed by atoms with Crippen molar-refractivity contribution in [2.24, 2.45) is 0 Å². The average molecular weight is 427 g/mol. The fraction of sp³-hybridized carbons (Fsp3) is 1.00. The third kappa shape index (κ3) is 24.2. The lowest BCUT2D eigenvalue weighted by atomic mass is 10.0. The molecule has 2 nitrogen and oxygen atoms in total. The number of hydrogen-bond donors (Lipinski definition) is 2. The minimum absolute atomic E-state index is 0.121. The summed E-state index contributed by atoms with van der Waals surface area (Å²) in [4.78, 5) is 0. The molecule has 0 aliphatic carbocycles. The Balaban J connectivity index is 3.17. The van der Waals surface area contributed by atoms with Gasteiger partial charge in [0, 0.05) is 0 Å². The third-order valence-corrected chi connectivity index (χ3v) is 6.61. The molecular weight excluding hydrogens is 368 g/mol. The predicted molar refractivity (Wildman–Crippen MR) is 134 cm³/mol. The summed E-state index contributed by atoms with van der Waals surface area (Å²) in [6.45, 7) is 4.46. The van der Waals surface area contributed by atoms with E-state index in [1.54, 1.807) is 0 Å². The Morgan fingerprint density at radius 1 is 0.333 bits per heavy atom. The van der Waals surface area contributed by atoms with Gasteiger partial charge in [0.1, 0.15) is 0 Å². The van der Waals surface area contributed by atoms with Crippen LogP contribution >= 0.6 is 0 Å². The van der Waals surface area contributed by atoms with Crippen LogP contribution in [0, 0.1) is 0 Å². The van der Waals surface area contributed by atoms with Gasteiger partial charge in [-0.25, -0.2) is 0 Å². The first kappa shape index (κ1) is 29.9. The second-order valence-corrected chi connectivity index (χ2v) is 9.83. The molecule has 0 aromatic rings. The van der Waals surface area contributed by atoms with Gasteiger partial charge in [-0.1, -0.05) is 142 Å². The first-order valence-corrected chi connectivity index (χ1v) is 14.1. The summed E-state index contributed by atoms with van der Waals surface area (Å²) in [6, 6.07) is 0. The van der Waals surface area contributed by atoms with Crippen molar-refractivity contribution in [3.05, 3.63) is 0 Å². The monoisotopic (exact) mass is 426 g/mol. The Hall–Kier alpha value is -0.0800. The zero-order valence-corrected chi connectivity index (χ0v) is 21.0. The molecule has 0 aromatic heterocycles. The minimum atomic E-state index is -0.123. The summed E-state index contributed by atoms with van der Waals surface area (Å²) in [5.74, 6) is 0. The first-order chi connectivity index (χ1) is 14.7. The van der Waals surface area contributed by atoms with Crippen LogP contribution < -0.4 is 0 Å². The average Bonchev–Trinajstić information content (AvgIpc) is 2.75. The lowest BCUT2D eigenvalue weighted by molar-refractivity contribution is 0.132. The third-order valence-electron chi connectivity index (χ3n) is 6.61. The standard InChI is InChI=1S/C28H58O2/c1-3-5-7-8-9-10-11-12-13-14-15-16-17-18-19-20-24-28(30)26-22-21-25-27(29)23-6-4-2/h27-30H,3-26H2,1-2H3. The van der Waals surface area contributed by atoms with Crippen molar-refractivity contribution in [3.8, 4) is 0 Å². The van der Waals surface area contributed by atoms with Crippen LogP contribution in [0.1, 0.15) is 168 Å². The van der Waals surface area contributed by atoms with Crippen molar-refractivity contribution in [2.75, 3.05) is 0 Å². The van der Waals surface area contributed by atoms with E-state index in [9.17, 15) is 10.2 Å². The maximum absolute atomic E-state index is 10.1. The molecule has 0 aliphatic heterocycles. The Kier molecular flexibility index (Phi) is 25.1. The molecule has 0 radical (unpaired) electrons. The Bertz CT molecular complexity index is 305. The number of unbranched alkanes of at least 4 members (excludes halogenated alkanes) is 17. The van der Waals surface area contributed by atoms with Crippen LogP contribution in [0.4, 0.5) is 0 Å². The van der Waals surface area contributed by atoms with E-state index in [0.717, 1.165) is 51.4 Å². The maximum atomic E-state index is 10.1. The van der Waals surface area contributed by atoms with Crippen LogP contribution in [-0.4, -0.2) is 22.4 Å². The molecule has 0 heterocycles. The minimum Gasteiger partial charge on any atom is -0.393 e. The zero-order valence-electron chi connectivity index (χ0n) is 21.0. The van der Waals surface area contributed by atoms with Gasteiger partial charge in [0.15, 0.2) is 0 Å². The molecule has 2 unspecified atom stereocenters. The van der Waals surface area contributed by atoms with Gasteiger partial charge in [0.05, 0.1) is 12.2 Å². The van der Waals surface area contributed by atoms with Gasteiger partial charge in [0.25, 0.3) is 0 Å². The maximum Gasteiger partial charge on any atom is 0.0540 e. The highest BCUT2D eigenvalue weighted by atomic mass is 16.3. The van der Waals surface area contributed by atoms with E-state index in [1.807, 2.05) is 0 Å². The lowest BCUT2D eigenvalue weighted by Gasteiger charge is -2.12. The fourth-order valence-corrected chi connectivity index (χ4v) is 4.42. The van der Waals surface area contributed by atoms with Crippen LogP contribution in [0.2, 0.25) is 0 Å². The van der Waals surface area contributed by atoms with E-state index >= 15 is 0 Å². The molecule has 2 N–H and O–H groups in total. The van der Waals surface area contributed by atoms with E-state index in [1.165, 1.54) is 103 Å². The second kappa shape index (κ2) is 25.2. The smallest absolute Gasteiger partial charge is 0.0540 e.